The van der Waals surface area contributed by atoms with E-state index in [-0.39, 0.29) is 5.91 Å². The van der Waals surface area contributed by atoms with Gasteiger partial charge in [0.1, 0.15) is 17.2 Å². The van der Waals surface area contributed by atoms with E-state index in [2.05, 4.69) is 15.5 Å². The molecule has 2 heterocycles. The number of hydrogen-bond acceptors (Lipinski definition) is 4. The smallest absolute Gasteiger partial charge is 0.256 e. The lowest BCUT2D eigenvalue weighted by molar-refractivity contribution is 0.102. The minimum absolute atomic E-state index is 0.267. The molecule has 0 bridgehead atoms. The molecule has 1 aromatic carbocycles. The molecule has 7 nitrogen and oxygen atoms in total. The number of rotatable bonds is 5. The first kappa shape index (κ1) is 16.6. The zero-order valence-electron chi connectivity index (χ0n) is 14.6. The summed E-state index contributed by atoms with van der Waals surface area (Å²) in [4.78, 5) is 12.7. The van der Waals surface area contributed by atoms with Crippen LogP contribution in [0.5, 0.6) is 11.5 Å². The van der Waals surface area contributed by atoms with Crippen LogP contribution in [-0.4, -0.2) is 34.9 Å². The van der Waals surface area contributed by atoms with E-state index in [9.17, 15) is 4.79 Å². The summed E-state index contributed by atoms with van der Waals surface area (Å²) < 4.78 is 12.4. The number of benzene rings is 1. The van der Waals surface area contributed by atoms with Gasteiger partial charge < -0.3 is 19.4 Å². The fourth-order valence-electron chi connectivity index (χ4n) is 2.60. The molecule has 3 rings (SSSR count). The van der Waals surface area contributed by atoms with Crippen molar-refractivity contribution in [1.82, 2.24) is 14.8 Å². The van der Waals surface area contributed by atoms with Gasteiger partial charge in [-0.15, -0.1) is 0 Å². The van der Waals surface area contributed by atoms with Crippen LogP contribution in [0.2, 0.25) is 0 Å². The Morgan fingerprint density at radius 1 is 1.20 bits per heavy atom. The summed E-state index contributed by atoms with van der Waals surface area (Å²) in [5.74, 6) is 0.837. The predicted octanol–water partition coefficient (Wildman–Crippen LogP) is 2.99. The molecule has 0 aliphatic carbocycles. The van der Waals surface area contributed by atoms with Crippen molar-refractivity contribution in [3.8, 4) is 22.9 Å². The maximum absolute atomic E-state index is 12.7. The van der Waals surface area contributed by atoms with Gasteiger partial charge in [0.15, 0.2) is 0 Å². The number of aryl methyl sites for hydroxylation is 2. The Labute approximate surface area is 145 Å². The Morgan fingerprint density at radius 3 is 2.44 bits per heavy atom. The van der Waals surface area contributed by atoms with Crippen LogP contribution in [0, 0.1) is 6.92 Å². The quantitative estimate of drug-likeness (QED) is 0.748. The highest BCUT2D eigenvalue weighted by Gasteiger charge is 2.18. The van der Waals surface area contributed by atoms with Gasteiger partial charge in [-0.3, -0.25) is 9.89 Å². The summed E-state index contributed by atoms with van der Waals surface area (Å²) in [5, 5.41) is 10.2. The van der Waals surface area contributed by atoms with Gasteiger partial charge in [0.2, 0.25) is 0 Å². The Morgan fingerprint density at radius 2 is 1.88 bits per heavy atom. The van der Waals surface area contributed by atoms with E-state index in [4.69, 9.17) is 9.47 Å². The molecule has 2 N–H and O–H groups in total. The van der Waals surface area contributed by atoms with Crippen LogP contribution in [0.3, 0.4) is 0 Å². The molecule has 3 aromatic rings. The zero-order valence-corrected chi connectivity index (χ0v) is 14.6. The van der Waals surface area contributed by atoms with Crippen molar-refractivity contribution in [2.45, 2.75) is 6.92 Å². The molecule has 25 heavy (non-hydrogen) atoms. The molecule has 0 saturated carbocycles. The lowest BCUT2D eigenvalue weighted by atomic mass is 10.1. The Hall–Kier alpha value is -3.22. The fraction of sp³-hybridized carbons (Fsp3) is 0.222. The van der Waals surface area contributed by atoms with Gasteiger partial charge >= 0.3 is 0 Å². The summed E-state index contributed by atoms with van der Waals surface area (Å²) in [6, 6.07) is 8.91. The lowest BCUT2D eigenvalue weighted by Crippen LogP contribution is -2.13. The van der Waals surface area contributed by atoms with E-state index in [1.807, 2.05) is 36.9 Å². The zero-order chi connectivity index (χ0) is 18.0. The van der Waals surface area contributed by atoms with Gasteiger partial charge in [-0.25, -0.2) is 0 Å². The second kappa shape index (κ2) is 6.72. The van der Waals surface area contributed by atoms with Gasteiger partial charge in [0.05, 0.1) is 31.3 Å². The maximum atomic E-state index is 12.7. The number of nitrogens with one attached hydrogen (secondary N) is 2. The summed E-state index contributed by atoms with van der Waals surface area (Å²) in [5.41, 5.74) is 3.46. The van der Waals surface area contributed by atoms with E-state index in [1.165, 1.54) is 0 Å². The number of carbonyl (C=O) groups excluding carboxylic acids is 1. The maximum Gasteiger partial charge on any atom is 0.256 e. The van der Waals surface area contributed by atoms with Gasteiger partial charge in [-0.2, -0.15) is 5.10 Å². The third-order valence-electron chi connectivity index (χ3n) is 3.99. The number of aromatic nitrogens is 3. The number of amides is 1. The number of anilines is 1. The molecule has 0 aliphatic rings. The summed E-state index contributed by atoms with van der Waals surface area (Å²) in [7, 11) is 5.02. The van der Waals surface area contributed by atoms with Crippen LogP contribution in [-0.2, 0) is 7.05 Å². The number of ether oxygens (including phenoxy) is 2. The topological polar surface area (TPSA) is 81.2 Å². The average Bonchev–Trinajstić information content (AvgIpc) is 3.20. The van der Waals surface area contributed by atoms with Gasteiger partial charge in [-0.05, 0) is 31.2 Å². The second-order valence-electron chi connectivity index (χ2n) is 5.63. The molecule has 0 radical (unpaired) electrons. The number of methoxy groups -OCH3 is 2. The van der Waals surface area contributed by atoms with E-state index in [0.717, 1.165) is 11.4 Å². The standard InChI is InChI=1S/C18H20N4O3/c1-11-16(17(21-20-11)15-6-5-7-22(15)2)19-18(23)12-8-13(24-3)10-14(9-12)25-4/h5-10H,1-4H3,(H,19,23)(H,20,21). The molecule has 0 atom stereocenters. The van der Waals surface area contributed by atoms with Crippen molar-refractivity contribution in [2.24, 2.45) is 7.05 Å². The average molecular weight is 340 g/mol. The first-order chi connectivity index (χ1) is 12.0. The van der Waals surface area contributed by atoms with Crippen LogP contribution < -0.4 is 14.8 Å². The van der Waals surface area contributed by atoms with Crippen LogP contribution in [0.15, 0.2) is 36.5 Å². The molecule has 0 fully saturated rings. The van der Waals surface area contributed by atoms with Crippen LogP contribution in [0.4, 0.5) is 5.69 Å². The first-order valence-electron chi connectivity index (χ1n) is 7.74. The molecule has 0 aliphatic heterocycles. The monoisotopic (exact) mass is 340 g/mol. The van der Waals surface area contributed by atoms with E-state index < -0.39 is 0 Å². The molecule has 130 valence electrons. The van der Waals surface area contributed by atoms with Crippen LogP contribution in [0.1, 0.15) is 16.1 Å². The molecule has 2 aromatic heterocycles. The molecule has 0 saturated heterocycles. The number of nitrogens with zero attached hydrogens (tertiary/aromatic N) is 2. The third kappa shape index (κ3) is 3.21. The number of carbonyl (C=O) groups is 1. The van der Waals surface area contributed by atoms with Gasteiger partial charge in [-0.1, -0.05) is 0 Å². The highest BCUT2D eigenvalue weighted by Crippen LogP contribution is 2.30. The molecular weight excluding hydrogens is 320 g/mol. The van der Waals surface area contributed by atoms with Crippen molar-refractivity contribution in [2.75, 3.05) is 19.5 Å². The van der Waals surface area contributed by atoms with Crippen LogP contribution in [0.25, 0.3) is 11.4 Å². The SMILES string of the molecule is COc1cc(OC)cc(C(=O)Nc2c(-c3cccn3C)n[nH]c2C)c1. The van der Waals surface area contributed by atoms with Gasteiger partial charge in [0.25, 0.3) is 5.91 Å². The molecule has 7 heteroatoms. The van der Waals surface area contributed by atoms with Crippen molar-refractivity contribution in [3.05, 3.63) is 47.8 Å². The Balaban J connectivity index is 1.95. The van der Waals surface area contributed by atoms with Crippen molar-refractivity contribution in [1.29, 1.82) is 0 Å². The number of hydrogen-bond donors (Lipinski definition) is 2. The number of H-pyrrole nitrogens is 1. The third-order valence-corrected chi connectivity index (χ3v) is 3.99. The highest BCUT2D eigenvalue weighted by atomic mass is 16.5. The van der Waals surface area contributed by atoms with E-state index >= 15 is 0 Å². The molecule has 0 unspecified atom stereocenters. The summed E-state index contributed by atoms with van der Waals surface area (Å²) in [6.45, 7) is 1.86. The highest BCUT2D eigenvalue weighted by molar-refractivity contribution is 6.06. The lowest BCUT2D eigenvalue weighted by Gasteiger charge is -2.10. The largest absolute Gasteiger partial charge is 0.497 e. The van der Waals surface area contributed by atoms with Gasteiger partial charge in [0, 0.05) is 24.9 Å². The fourth-order valence-corrected chi connectivity index (χ4v) is 2.60. The second-order valence-corrected chi connectivity index (χ2v) is 5.63. The van der Waals surface area contributed by atoms with E-state index in [1.54, 1.807) is 32.4 Å². The van der Waals surface area contributed by atoms with E-state index in [0.29, 0.717) is 28.4 Å². The van der Waals surface area contributed by atoms with Crippen molar-refractivity contribution >= 4 is 11.6 Å². The van der Waals surface area contributed by atoms with Crippen molar-refractivity contribution in [3.63, 3.8) is 0 Å². The Bertz CT molecular complexity index is 889. The predicted molar refractivity (Wildman–Crippen MR) is 95.2 cm³/mol. The normalized spacial score (nSPS) is 10.6. The first-order valence-corrected chi connectivity index (χ1v) is 7.74. The number of aromatic amines is 1. The summed E-state index contributed by atoms with van der Waals surface area (Å²) in [6.07, 6.45) is 1.93. The Kier molecular flexibility index (Phi) is 4.47. The van der Waals surface area contributed by atoms with Crippen LogP contribution >= 0.6 is 0 Å². The molecule has 1 amide bonds. The minimum atomic E-state index is -0.267. The minimum Gasteiger partial charge on any atom is -0.497 e. The molecule has 0 spiro atoms. The molecular formula is C18H20N4O3. The summed E-state index contributed by atoms with van der Waals surface area (Å²) >= 11 is 0. The van der Waals surface area contributed by atoms with Crippen molar-refractivity contribution < 1.29 is 14.3 Å².